The Balaban J connectivity index is 1.82. The number of halogens is 1. The summed E-state index contributed by atoms with van der Waals surface area (Å²) in [6, 6.07) is 7.39. The number of amides is 1. The van der Waals surface area contributed by atoms with Crippen LogP contribution in [0.2, 0.25) is 5.02 Å². The maximum absolute atomic E-state index is 11.7. The molecule has 5 nitrogen and oxygen atoms in total. The van der Waals surface area contributed by atoms with E-state index in [-0.39, 0.29) is 11.7 Å². The summed E-state index contributed by atoms with van der Waals surface area (Å²) in [6.07, 6.45) is 3.05. The van der Waals surface area contributed by atoms with Crippen LogP contribution in [0.15, 0.2) is 41.7 Å². The van der Waals surface area contributed by atoms with Gasteiger partial charge in [0, 0.05) is 24.0 Å². The van der Waals surface area contributed by atoms with Crippen LogP contribution in [-0.4, -0.2) is 21.6 Å². The Morgan fingerprint density at radius 1 is 1.30 bits per heavy atom. The third kappa shape index (κ3) is 4.11. The van der Waals surface area contributed by atoms with Gasteiger partial charge < -0.3 is 11.1 Å². The van der Waals surface area contributed by atoms with Gasteiger partial charge in [0.2, 0.25) is 5.91 Å². The van der Waals surface area contributed by atoms with Gasteiger partial charge in [-0.05, 0) is 11.6 Å². The van der Waals surface area contributed by atoms with Gasteiger partial charge in [-0.3, -0.25) is 4.79 Å². The van der Waals surface area contributed by atoms with Crippen LogP contribution in [0.3, 0.4) is 0 Å². The van der Waals surface area contributed by atoms with Crippen molar-refractivity contribution in [2.75, 3.05) is 11.5 Å². The molecule has 104 valence electrons. The second-order valence-corrected chi connectivity index (χ2v) is 5.27. The number of nitrogen functional groups attached to an aromatic ring is 1. The maximum atomic E-state index is 11.7. The van der Waals surface area contributed by atoms with Gasteiger partial charge in [-0.1, -0.05) is 41.6 Å². The number of nitrogens with two attached hydrogens (primary N) is 1. The van der Waals surface area contributed by atoms with Crippen LogP contribution < -0.4 is 11.1 Å². The topological polar surface area (TPSA) is 80.9 Å². The normalized spacial score (nSPS) is 10.2. The second kappa shape index (κ2) is 7.12. The molecule has 0 saturated carbocycles. The van der Waals surface area contributed by atoms with E-state index in [2.05, 4.69) is 15.3 Å². The number of thioether (sulfide) groups is 1. The molecule has 0 radical (unpaired) electrons. The quantitative estimate of drug-likeness (QED) is 0.827. The van der Waals surface area contributed by atoms with E-state index in [9.17, 15) is 4.79 Å². The highest BCUT2D eigenvalue weighted by Crippen LogP contribution is 2.19. The highest BCUT2D eigenvalue weighted by Gasteiger charge is 2.07. The Hall–Kier alpha value is -1.79. The van der Waals surface area contributed by atoms with Gasteiger partial charge in [0.25, 0.3) is 0 Å². The molecule has 20 heavy (non-hydrogen) atoms. The van der Waals surface area contributed by atoms with Crippen LogP contribution in [0.5, 0.6) is 0 Å². The predicted octanol–water partition coefficient (Wildman–Crippen LogP) is 2.12. The first-order valence-electron chi connectivity index (χ1n) is 5.86. The Bertz CT molecular complexity index is 557. The predicted molar refractivity (Wildman–Crippen MR) is 80.5 cm³/mol. The van der Waals surface area contributed by atoms with Crippen molar-refractivity contribution in [2.45, 2.75) is 11.6 Å². The van der Waals surface area contributed by atoms with E-state index >= 15 is 0 Å². The molecule has 3 N–H and O–H groups in total. The van der Waals surface area contributed by atoms with E-state index in [1.807, 2.05) is 18.2 Å². The Morgan fingerprint density at radius 3 is 2.80 bits per heavy atom. The number of benzene rings is 1. The molecule has 1 aromatic carbocycles. The summed E-state index contributed by atoms with van der Waals surface area (Å²) in [7, 11) is 0. The molecule has 2 rings (SSSR count). The summed E-state index contributed by atoms with van der Waals surface area (Å²) >= 11 is 7.26. The number of hydrogen-bond acceptors (Lipinski definition) is 5. The molecule has 0 atom stereocenters. The number of carbonyl (C=O) groups is 1. The average molecular weight is 309 g/mol. The zero-order valence-corrected chi connectivity index (χ0v) is 12.1. The molecule has 1 amide bonds. The Kier molecular flexibility index (Phi) is 5.20. The molecule has 7 heteroatoms. The molecule has 0 unspecified atom stereocenters. The van der Waals surface area contributed by atoms with Crippen LogP contribution in [-0.2, 0) is 11.3 Å². The molecule has 2 aromatic rings. The second-order valence-electron chi connectivity index (χ2n) is 3.90. The van der Waals surface area contributed by atoms with E-state index < -0.39 is 0 Å². The SMILES string of the molecule is Nc1nccnc1SCC(=O)NCc1ccccc1Cl. The van der Waals surface area contributed by atoms with Crippen molar-refractivity contribution < 1.29 is 4.79 Å². The minimum absolute atomic E-state index is 0.111. The summed E-state index contributed by atoms with van der Waals surface area (Å²) in [6.45, 7) is 0.398. The Morgan fingerprint density at radius 2 is 2.05 bits per heavy atom. The number of hydrogen-bond donors (Lipinski definition) is 2. The van der Waals surface area contributed by atoms with Crippen molar-refractivity contribution in [3.8, 4) is 0 Å². The third-order valence-corrected chi connectivity index (χ3v) is 3.83. The molecule has 1 aromatic heterocycles. The van der Waals surface area contributed by atoms with Crippen LogP contribution in [0, 0.1) is 0 Å². The smallest absolute Gasteiger partial charge is 0.230 e. The van der Waals surface area contributed by atoms with Crippen molar-refractivity contribution >= 4 is 35.1 Å². The summed E-state index contributed by atoms with van der Waals surface area (Å²) in [5.74, 6) is 0.448. The lowest BCUT2D eigenvalue weighted by Gasteiger charge is -2.07. The van der Waals surface area contributed by atoms with Crippen molar-refractivity contribution in [1.29, 1.82) is 0 Å². The molecule has 1 heterocycles. The highest BCUT2D eigenvalue weighted by atomic mass is 35.5. The van der Waals surface area contributed by atoms with E-state index in [4.69, 9.17) is 17.3 Å². The third-order valence-electron chi connectivity index (χ3n) is 2.47. The fraction of sp³-hybridized carbons (Fsp3) is 0.154. The van der Waals surface area contributed by atoms with Crippen LogP contribution in [0.4, 0.5) is 5.82 Å². The minimum atomic E-state index is -0.111. The van der Waals surface area contributed by atoms with Crippen molar-refractivity contribution in [1.82, 2.24) is 15.3 Å². The largest absolute Gasteiger partial charge is 0.381 e. The number of aromatic nitrogens is 2. The summed E-state index contributed by atoms with van der Waals surface area (Å²) in [4.78, 5) is 19.7. The van der Waals surface area contributed by atoms with Crippen LogP contribution in [0.25, 0.3) is 0 Å². The molecule has 0 aliphatic carbocycles. The number of rotatable bonds is 5. The van der Waals surface area contributed by atoms with Gasteiger partial charge in [0.05, 0.1) is 5.75 Å². The molecule has 0 saturated heterocycles. The van der Waals surface area contributed by atoms with Crippen molar-refractivity contribution in [2.24, 2.45) is 0 Å². The van der Waals surface area contributed by atoms with Crippen LogP contribution >= 0.6 is 23.4 Å². The summed E-state index contributed by atoms with van der Waals surface area (Å²) < 4.78 is 0. The zero-order chi connectivity index (χ0) is 14.4. The van der Waals surface area contributed by atoms with Gasteiger partial charge in [-0.25, -0.2) is 9.97 Å². The lowest BCUT2D eigenvalue weighted by molar-refractivity contribution is -0.118. The highest BCUT2D eigenvalue weighted by molar-refractivity contribution is 8.00. The van der Waals surface area contributed by atoms with E-state index in [1.165, 1.54) is 18.0 Å². The van der Waals surface area contributed by atoms with E-state index in [0.29, 0.717) is 22.4 Å². The number of nitrogens with one attached hydrogen (secondary N) is 1. The maximum Gasteiger partial charge on any atom is 0.230 e. The van der Waals surface area contributed by atoms with Gasteiger partial charge >= 0.3 is 0 Å². The molecule has 0 aliphatic rings. The molecular formula is C13H13ClN4OS. The molecule has 0 bridgehead atoms. The van der Waals surface area contributed by atoms with E-state index in [1.54, 1.807) is 12.3 Å². The first kappa shape index (κ1) is 14.6. The monoisotopic (exact) mass is 308 g/mol. The lowest BCUT2D eigenvalue weighted by Crippen LogP contribution is -2.24. The van der Waals surface area contributed by atoms with Crippen LogP contribution in [0.1, 0.15) is 5.56 Å². The van der Waals surface area contributed by atoms with Gasteiger partial charge in [-0.2, -0.15) is 0 Å². The molecule has 0 spiro atoms. The van der Waals surface area contributed by atoms with Gasteiger partial charge in [0.15, 0.2) is 5.82 Å². The zero-order valence-electron chi connectivity index (χ0n) is 10.5. The number of nitrogens with zero attached hydrogens (tertiary/aromatic N) is 2. The first-order chi connectivity index (χ1) is 9.66. The number of anilines is 1. The molecule has 0 aliphatic heterocycles. The van der Waals surface area contributed by atoms with Gasteiger partial charge in [-0.15, -0.1) is 0 Å². The minimum Gasteiger partial charge on any atom is -0.381 e. The fourth-order valence-electron chi connectivity index (χ4n) is 1.47. The lowest BCUT2D eigenvalue weighted by atomic mass is 10.2. The fourth-order valence-corrected chi connectivity index (χ4v) is 2.38. The Labute approximate surface area is 126 Å². The molecule has 0 fully saturated rings. The average Bonchev–Trinajstić information content (AvgIpc) is 2.45. The van der Waals surface area contributed by atoms with Gasteiger partial charge in [0.1, 0.15) is 5.03 Å². The first-order valence-corrected chi connectivity index (χ1v) is 7.22. The number of carbonyl (C=O) groups excluding carboxylic acids is 1. The van der Waals surface area contributed by atoms with Crippen molar-refractivity contribution in [3.63, 3.8) is 0 Å². The standard InChI is InChI=1S/C13H13ClN4OS/c14-10-4-2-1-3-9(10)7-18-11(19)8-20-13-12(15)16-5-6-17-13/h1-6H,7-8H2,(H2,15,16)(H,18,19). The summed E-state index contributed by atoms with van der Waals surface area (Å²) in [5.41, 5.74) is 6.53. The molecular weight excluding hydrogens is 296 g/mol. The summed E-state index contributed by atoms with van der Waals surface area (Å²) in [5, 5.41) is 3.99. The van der Waals surface area contributed by atoms with E-state index in [0.717, 1.165) is 5.56 Å². The van der Waals surface area contributed by atoms with Crippen molar-refractivity contribution in [3.05, 3.63) is 47.2 Å².